The number of aryl methyl sites for hydroxylation is 1. The Morgan fingerprint density at radius 1 is 1.17 bits per heavy atom. The van der Waals surface area contributed by atoms with Gasteiger partial charge in [-0.25, -0.2) is 4.39 Å². The minimum atomic E-state index is -0.284. The number of esters is 1. The van der Waals surface area contributed by atoms with Gasteiger partial charge in [0, 0.05) is 16.5 Å². The molecule has 2 rings (SSSR count). The van der Waals surface area contributed by atoms with Crippen LogP contribution in [-0.4, -0.2) is 13.1 Å². The molecule has 0 aliphatic carbocycles. The van der Waals surface area contributed by atoms with Crippen LogP contribution < -0.4 is 4.74 Å². The molecule has 0 atom stereocenters. The van der Waals surface area contributed by atoms with E-state index < -0.39 is 0 Å². The number of hydrogen-bond acceptors (Lipinski definition) is 3. The highest BCUT2D eigenvalue weighted by atomic mass is 79.9. The minimum Gasteiger partial charge on any atom is -0.489 e. The van der Waals surface area contributed by atoms with Gasteiger partial charge in [-0.2, -0.15) is 0 Å². The number of benzene rings is 2. The Bertz CT molecular complexity index is 656. The van der Waals surface area contributed by atoms with Crippen LogP contribution >= 0.6 is 15.9 Å². The number of hydrogen-bond donors (Lipinski definition) is 0. The number of rotatable bonds is 7. The van der Waals surface area contributed by atoms with Crippen LogP contribution in [-0.2, 0) is 22.6 Å². The number of methoxy groups -OCH3 is 1. The Kier molecular flexibility index (Phi) is 6.59. The van der Waals surface area contributed by atoms with E-state index in [2.05, 4.69) is 20.7 Å². The number of carbonyl (C=O) groups excluding carboxylic acids is 1. The highest BCUT2D eigenvalue weighted by Gasteiger charge is 2.04. The van der Waals surface area contributed by atoms with Gasteiger partial charge < -0.3 is 9.47 Å². The first-order chi connectivity index (χ1) is 11.1. The van der Waals surface area contributed by atoms with Crippen LogP contribution in [0.2, 0.25) is 0 Å². The van der Waals surface area contributed by atoms with Gasteiger partial charge in [0.1, 0.15) is 18.2 Å². The minimum absolute atomic E-state index is 0.189. The molecule has 0 unspecified atom stereocenters. The molecule has 0 fully saturated rings. The zero-order chi connectivity index (χ0) is 16.7. The van der Waals surface area contributed by atoms with Crippen LogP contribution in [0.1, 0.15) is 24.0 Å². The summed E-state index contributed by atoms with van der Waals surface area (Å²) in [5.41, 5.74) is 1.89. The van der Waals surface area contributed by atoms with Crippen molar-refractivity contribution in [2.75, 3.05) is 7.11 Å². The fourth-order valence-electron chi connectivity index (χ4n) is 2.11. The molecule has 0 spiro atoms. The lowest BCUT2D eigenvalue weighted by Gasteiger charge is -2.09. The molecule has 5 heteroatoms. The number of ether oxygens (including phenoxy) is 2. The first kappa shape index (κ1) is 17.5. The maximum atomic E-state index is 13.2. The zero-order valence-electron chi connectivity index (χ0n) is 12.9. The van der Waals surface area contributed by atoms with E-state index in [0.29, 0.717) is 13.0 Å². The summed E-state index contributed by atoms with van der Waals surface area (Å²) in [6.45, 7) is 0.292. The third kappa shape index (κ3) is 5.67. The van der Waals surface area contributed by atoms with Gasteiger partial charge in [0.05, 0.1) is 7.11 Å². The molecule has 23 heavy (non-hydrogen) atoms. The van der Waals surface area contributed by atoms with Crippen molar-refractivity contribution in [3.63, 3.8) is 0 Å². The molecule has 0 heterocycles. The molecule has 2 aromatic carbocycles. The summed E-state index contributed by atoms with van der Waals surface area (Å²) in [5.74, 6) is 0.247. The molecule has 0 N–H and O–H groups in total. The molecule has 3 nitrogen and oxygen atoms in total. The van der Waals surface area contributed by atoms with Gasteiger partial charge in [-0.05, 0) is 48.7 Å². The van der Waals surface area contributed by atoms with Crippen LogP contribution in [0.15, 0.2) is 46.9 Å². The van der Waals surface area contributed by atoms with E-state index in [0.717, 1.165) is 34.2 Å². The van der Waals surface area contributed by atoms with Crippen molar-refractivity contribution in [3.05, 3.63) is 63.9 Å². The third-order valence-electron chi connectivity index (χ3n) is 3.40. The van der Waals surface area contributed by atoms with E-state index >= 15 is 0 Å². The first-order valence-corrected chi connectivity index (χ1v) is 8.10. The summed E-state index contributed by atoms with van der Waals surface area (Å²) in [5, 5.41) is 0. The van der Waals surface area contributed by atoms with Crippen molar-refractivity contribution < 1.29 is 18.7 Å². The summed E-state index contributed by atoms with van der Waals surface area (Å²) in [7, 11) is 1.39. The maximum absolute atomic E-state index is 13.2. The Morgan fingerprint density at radius 3 is 2.61 bits per heavy atom. The van der Waals surface area contributed by atoms with E-state index in [-0.39, 0.29) is 11.8 Å². The Labute approximate surface area is 143 Å². The summed E-state index contributed by atoms with van der Waals surface area (Å²) in [6, 6.07) is 12.2. The smallest absolute Gasteiger partial charge is 0.305 e. The van der Waals surface area contributed by atoms with Crippen LogP contribution in [0.25, 0.3) is 0 Å². The molecular weight excluding hydrogens is 363 g/mol. The van der Waals surface area contributed by atoms with E-state index in [1.165, 1.54) is 19.2 Å². The lowest BCUT2D eigenvalue weighted by molar-refractivity contribution is -0.140. The van der Waals surface area contributed by atoms with Crippen molar-refractivity contribution in [2.45, 2.75) is 25.9 Å². The normalized spacial score (nSPS) is 10.4. The fourth-order valence-corrected chi connectivity index (χ4v) is 2.47. The molecule has 0 radical (unpaired) electrons. The third-order valence-corrected chi connectivity index (χ3v) is 4.17. The van der Waals surface area contributed by atoms with Gasteiger partial charge in [-0.15, -0.1) is 0 Å². The molecule has 0 aromatic heterocycles. The van der Waals surface area contributed by atoms with Crippen molar-refractivity contribution in [3.8, 4) is 5.75 Å². The van der Waals surface area contributed by atoms with Crippen LogP contribution in [0.5, 0.6) is 5.75 Å². The molecule has 0 bridgehead atoms. The van der Waals surface area contributed by atoms with Gasteiger partial charge in [-0.1, -0.05) is 28.1 Å². The molecule has 0 saturated heterocycles. The summed E-state index contributed by atoms with van der Waals surface area (Å²) in [6.07, 6.45) is 1.98. The lowest BCUT2D eigenvalue weighted by atomic mass is 10.1. The highest BCUT2D eigenvalue weighted by molar-refractivity contribution is 9.10. The van der Waals surface area contributed by atoms with E-state index in [4.69, 9.17) is 4.74 Å². The zero-order valence-corrected chi connectivity index (χ0v) is 14.4. The second-order valence-corrected chi connectivity index (χ2v) is 5.95. The van der Waals surface area contributed by atoms with Crippen molar-refractivity contribution in [1.82, 2.24) is 0 Å². The summed E-state index contributed by atoms with van der Waals surface area (Å²) >= 11 is 3.38. The standard InChI is InChI=1S/C18H18BrFO3/c1-22-18(21)4-2-3-13-5-8-16(9-6-13)23-12-14-11-15(20)7-10-17(14)19/h5-11H,2-4,12H2,1H3. The highest BCUT2D eigenvalue weighted by Crippen LogP contribution is 2.21. The van der Waals surface area contributed by atoms with Gasteiger partial charge in [-0.3, -0.25) is 4.79 Å². The van der Waals surface area contributed by atoms with Gasteiger partial charge >= 0.3 is 5.97 Å². The van der Waals surface area contributed by atoms with Gasteiger partial charge in [0.25, 0.3) is 0 Å². The predicted octanol–water partition coefficient (Wildman–Crippen LogP) is 4.66. The first-order valence-electron chi connectivity index (χ1n) is 7.31. The molecular formula is C18H18BrFO3. The monoisotopic (exact) mass is 380 g/mol. The molecule has 2 aromatic rings. The Morgan fingerprint density at radius 2 is 1.91 bits per heavy atom. The predicted molar refractivity (Wildman–Crippen MR) is 89.8 cm³/mol. The molecule has 0 amide bonds. The van der Waals surface area contributed by atoms with Gasteiger partial charge in [0.2, 0.25) is 0 Å². The van der Waals surface area contributed by atoms with Gasteiger partial charge in [0.15, 0.2) is 0 Å². The molecule has 0 saturated carbocycles. The van der Waals surface area contributed by atoms with Crippen LogP contribution in [0.4, 0.5) is 4.39 Å². The number of carbonyl (C=O) groups is 1. The largest absolute Gasteiger partial charge is 0.489 e. The maximum Gasteiger partial charge on any atom is 0.305 e. The van der Waals surface area contributed by atoms with Crippen molar-refractivity contribution in [2.24, 2.45) is 0 Å². The average molecular weight is 381 g/mol. The quantitative estimate of drug-likeness (QED) is 0.655. The second-order valence-electron chi connectivity index (χ2n) is 5.10. The number of halogens is 2. The lowest BCUT2D eigenvalue weighted by Crippen LogP contribution is -2.00. The fraction of sp³-hybridized carbons (Fsp3) is 0.278. The van der Waals surface area contributed by atoms with E-state index in [1.807, 2.05) is 24.3 Å². The Balaban J connectivity index is 1.85. The van der Waals surface area contributed by atoms with E-state index in [9.17, 15) is 9.18 Å². The Hall–Kier alpha value is -1.88. The second kappa shape index (κ2) is 8.67. The SMILES string of the molecule is COC(=O)CCCc1ccc(OCc2cc(F)ccc2Br)cc1. The van der Waals surface area contributed by atoms with E-state index in [1.54, 1.807) is 6.07 Å². The van der Waals surface area contributed by atoms with Crippen LogP contribution in [0.3, 0.4) is 0 Å². The summed E-state index contributed by atoms with van der Waals surface area (Å²) in [4.78, 5) is 11.1. The summed E-state index contributed by atoms with van der Waals surface area (Å²) < 4.78 is 24.3. The molecule has 122 valence electrons. The van der Waals surface area contributed by atoms with Crippen molar-refractivity contribution in [1.29, 1.82) is 0 Å². The topological polar surface area (TPSA) is 35.5 Å². The average Bonchev–Trinajstić information content (AvgIpc) is 2.56. The molecule has 0 aliphatic heterocycles. The van der Waals surface area contributed by atoms with Crippen LogP contribution in [0, 0.1) is 5.82 Å². The van der Waals surface area contributed by atoms with Crippen molar-refractivity contribution >= 4 is 21.9 Å². The molecule has 0 aliphatic rings.